The van der Waals surface area contributed by atoms with Crippen LogP contribution in [0.15, 0.2) is 63.9 Å². The fourth-order valence-corrected chi connectivity index (χ4v) is 2.94. The number of rotatable bonds is 5. The Morgan fingerprint density at radius 3 is 2.29 bits per heavy atom. The lowest BCUT2D eigenvalue weighted by Crippen LogP contribution is -1.99. The van der Waals surface area contributed by atoms with E-state index in [0.29, 0.717) is 18.7 Å². The van der Waals surface area contributed by atoms with E-state index in [-0.39, 0.29) is 4.90 Å². The van der Waals surface area contributed by atoms with Crippen molar-refractivity contribution in [2.45, 2.75) is 24.7 Å². The minimum absolute atomic E-state index is 0.102. The molecular weight excluding hydrogens is 326 g/mol. The number of nitrogens with zero attached hydrogens (tertiary/aromatic N) is 1. The van der Waals surface area contributed by atoms with Crippen molar-refractivity contribution in [1.82, 2.24) is 4.98 Å². The summed E-state index contributed by atoms with van der Waals surface area (Å²) in [6, 6.07) is 15.9. The van der Waals surface area contributed by atoms with Crippen molar-refractivity contribution in [2.75, 3.05) is 0 Å². The summed E-state index contributed by atoms with van der Waals surface area (Å²) in [6.07, 6.45) is 1.39. The number of oxazole rings is 1. The highest BCUT2D eigenvalue weighted by atomic mass is 32.2. The molecule has 1 aromatic heterocycles. The van der Waals surface area contributed by atoms with Crippen molar-refractivity contribution in [3.63, 3.8) is 0 Å². The van der Waals surface area contributed by atoms with Gasteiger partial charge in [-0.1, -0.05) is 30.3 Å². The molecule has 3 aromatic rings. The lowest BCUT2D eigenvalue weighted by Gasteiger charge is -2.01. The number of hydrogen-bond acceptors (Lipinski definition) is 4. The SMILES string of the molecule is Cc1oc(-c2ccccc2)nc1CCc1ccc(S(=O)(=O)O)cc1. The summed E-state index contributed by atoms with van der Waals surface area (Å²) in [5, 5.41) is 0. The first-order valence-corrected chi connectivity index (χ1v) is 8.95. The molecule has 0 aliphatic carbocycles. The van der Waals surface area contributed by atoms with Crippen LogP contribution in [0.1, 0.15) is 17.0 Å². The topological polar surface area (TPSA) is 80.4 Å². The average molecular weight is 343 g/mol. The molecular formula is C18H17NO4S. The summed E-state index contributed by atoms with van der Waals surface area (Å²) >= 11 is 0. The maximum Gasteiger partial charge on any atom is 0.294 e. The molecule has 0 fully saturated rings. The molecule has 0 aliphatic rings. The number of aryl methyl sites for hydroxylation is 3. The van der Waals surface area contributed by atoms with Gasteiger partial charge in [-0.3, -0.25) is 4.55 Å². The molecule has 2 aromatic carbocycles. The van der Waals surface area contributed by atoms with Gasteiger partial charge in [0.25, 0.3) is 10.1 Å². The lowest BCUT2D eigenvalue weighted by atomic mass is 10.1. The Hall–Kier alpha value is -2.44. The fourth-order valence-electron chi connectivity index (χ4n) is 2.46. The van der Waals surface area contributed by atoms with Crippen LogP contribution in [0.4, 0.5) is 0 Å². The zero-order chi connectivity index (χ0) is 17.2. The van der Waals surface area contributed by atoms with E-state index in [9.17, 15) is 8.42 Å². The molecule has 3 rings (SSSR count). The second-order valence-corrected chi connectivity index (χ2v) is 6.93. The highest BCUT2D eigenvalue weighted by molar-refractivity contribution is 7.85. The van der Waals surface area contributed by atoms with Crippen molar-refractivity contribution in [1.29, 1.82) is 0 Å². The first-order valence-electron chi connectivity index (χ1n) is 7.51. The Labute approximate surface area is 140 Å². The van der Waals surface area contributed by atoms with Crippen molar-refractivity contribution in [3.05, 3.63) is 71.6 Å². The zero-order valence-corrected chi connectivity index (χ0v) is 14.0. The van der Waals surface area contributed by atoms with E-state index in [1.165, 1.54) is 12.1 Å². The van der Waals surface area contributed by atoms with Crippen LogP contribution in [-0.4, -0.2) is 18.0 Å². The Kier molecular flexibility index (Phi) is 4.51. The molecule has 6 heteroatoms. The summed E-state index contributed by atoms with van der Waals surface area (Å²) < 4.78 is 36.8. The Morgan fingerprint density at radius 2 is 1.67 bits per heavy atom. The van der Waals surface area contributed by atoms with Crippen LogP contribution < -0.4 is 0 Å². The number of benzene rings is 2. The summed E-state index contributed by atoms with van der Waals surface area (Å²) in [7, 11) is -4.15. The van der Waals surface area contributed by atoms with E-state index in [4.69, 9.17) is 8.97 Å². The summed E-state index contributed by atoms with van der Waals surface area (Å²) in [5.74, 6) is 1.38. The van der Waals surface area contributed by atoms with Crippen LogP contribution >= 0.6 is 0 Å². The number of hydrogen-bond donors (Lipinski definition) is 1. The molecule has 24 heavy (non-hydrogen) atoms. The molecule has 124 valence electrons. The lowest BCUT2D eigenvalue weighted by molar-refractivity contribution is 0.483. The largest absolute Gasteiger partial charge is 0.441 e. The second kappa shape index (κ2) is 6.59. The molecule has 0 aliphatic heterocycles. The third-order valence-corrected chi connectivity index (χ3v) is 4.65. The first kappa shape index (κ1) is 16.4. The van der Waals surface area contributed by atoms with Crippen LogP contribution in [-0.2, 0) is 23.0 Å². The van der Waals surface area contributed by atoms with Gasteiger partial charge in [0.1, 0.15) is 5.76 Å². The van der Waals surface area contributed by atoms with Gasteiger partial charge in [0.05, 0.1) is 10.6 Å². The molecule has 5 nitrogen and oxygen atoms in total. The normalized spacial score (nSPS) is 11.6. The van der Waals surface area contributed by atoms with Crippen molar-refractivity contribution >= 4 is 10.1 Å². The maximum absolute atomic E-state index is 11.0. The molecule has 0 bridgehead atoms. The molecule has 0 saturated carbocycles. The van der Waals surface area contributed by atoms with Crippen LogP contribution in [0.25, 0.3) is 11.5 Å². The van der Waals surface area contributed by atoms with E-state index in [2.05, 4.69) is 4.98 Å². The molecule has 0 amide bonds. The predicted molar refractivity (Wildman–Crippen MR) is 90.3 cm³/mol. The third-order valence-electron chi connectivity index (χ3n) is 3.79. The van der Waals surface area contributed by atoms with E-state index >= 15 is 0 Å². The Balaban J connectivity index is 1.72. The van der Waals surface area contributed by atoms with Crippen LogP contribution in [0, 0.1) is 6.92 Å². The van der Waals surface area contributed by atoms with Gasteiger partial charge in [0.15, 0.2) is 0 Å². The van der Waals surface area contributed by atoms with Gasteiger partial charge in [0.2, 0.25) is 5.89 Å². The molecule has 0 spiro atoms. The molecule has 0 radical (unpaired) electrons. The van der Waals surface area contributed by atoms with Gasteiger partial charge in [-0.25, -0.2) is 4.98 Å². The first-order chi connectivity index (χ1) is 11.4. The molecule has 0 unspecified atom stereocenters. The van der Waals surface area contributed by atoms with Crippen LogP contribution in [0.2, 0.25) is 0 Å². The van der Waals surface area contributed by atoms with E-state index in [1.807, 2.05) is 37.3 Å². The van der Waals surface area contributed by atoms with Crippen LogP contribution in [0.3, 0.4) is 0 Å². The van der Waals surface area contributed by atoms with Crippen molar-refractivity contribution < 1.29 is 17.4 Å². The van der Waals surface area contributed by atoms with Gasteiger partial charge in [-0.2, -0.15) is 8.42 Å². The van der Waals surface area contributed by atoms with Crippen LogP contribution in [0.5, 0.6) is 0 Å². The highest BCUT2D eigenvalue weighted by Crippen LogP contribution is 2.22. The Morgan fingerprint density at radius 1 is 1.00 bits per heavy atom. The second-order valence-electron chi connectivity index (χ2n) is 5.51. The smallest absolute Gasteiger partial charge is 0.294 e. The maximum atomic E-state index is 11.0. The van der Waals surface area contributed by atoms with E-state index in [0.717, 1.165) is 22.6 Å². The Bertz CT molecular complexity index is 929. The molecule has 1 N–H and O–H groups in total. The number of aromatic nitrogens is 1. The van der Waals surface area contributed by atoms with Crippen molar-refractivity contribution in [2.24, 2.45) is 0 Å². The van der Waals surface area contributed by atoms with E-state index < -0.39 is 10.1 Å². The quantitative estimate of drug-likeness (QED) is 0.715. The fraction of sp³-hybridized carbons (Fsp3) is 0.167. The molecule has 1 heterocycles. The highest BCUT2D eigenvalue weighted by Gasteiger charge is 2.12. The van der Waals surface area contributed by atoms with Crippen molar-refractivity contribution in [3.8, 4) is 11.5 Å². The third kappa shape index (κ3) is 3.72. The van der Waals surface area contributed by atoms with Gasteiger partial charge in [0, 0.05) is 5.56 Å². The van der Waals surface area contributed by atoms with Gasteiger partial charge >= 0.3 is 0 Å². The molecule has 0 saturated heterocycles. The summed E-state index contributed by atoms with van der Waals surface area (Å²) in [6.45, 7) is 1.89. The average Bonchev–Trinajstić information content (AvgIpc) is 2.94. The van der Waals surface area contributed by atoms with Gasteiger partial charge in [-0.15, -0.1) is 0 Å². The van der Waals surface area contributed by atoms with Gasteiger partial charge in [-0.05, 0) is 49.6 Å². The minimum Gasteiger partial charge on any atom is -0.441 e. The standard InChI is InChI=1S/C18H17NO4S/c1-13-17(19-18(23-13)15-5-3-2-4-6-15)12-9-14-7-10-16(11-8-14)24(20,21)22/h2-8,10-11H,9,12H2,1H3,(H,20,21,22). The molecule has 0 atom stereocenters. The van der Waals surface area contributed by atoms with Gasteiger partial charge < -0.3 is 4.42 Å². The monoisotopic (exact) mass is 343 g/mol. The predicted octanol–water partition coefficient (Wildman–Crippen LogP) is 3.68. The minimum atomic E-state index is -4.15. The summed E-state index contributed by atoms with van der Waals surface area (Å²) in [5.41, 5.74) is 2.78. The van der Waals surface area contributed by atoms with E-state index in [1.54, 1.807) is 12.1 Å². The summed E-state index contributed by atoms with van der Waals surface area (Å²) in [4.78, 5) is 4.45. The zero-order valence-electron chi connectivity index (χ0n) is 13.1.